The monoisotopic (exact) mass is 267 g/mol. The van der Waals surface area contributed by atoms with Crippen molar-refractivity contribution in [1.29, 1.82) is 0 Å². The maximum atomic E-state index is 12.1. The molecule has 1 aromatic heterocycles. The van der Waals surface area contributed by atoms with Gasteiger partial charge in [0, 0.05) is 26.2 Å². The van der Waals surface area contributed by atoms with Crippen LogP contribution in [0, 0.1) is 6.92 Å². The fourth-order valence-electron chi connectivity index (χ4n) is 2.19. The van der Waals surface area contributed by atoms with Gasteiger partial charge < -0.3 is 14.6 Å². The average Bonchev–Trinajstić information content (AvgIpc) is 2.81. The molecule has 0 spiro atoms. The van der Waals surface area contributed by atoms with Gasteiger partial charge in [-0.25, -0.2) is 0 Å². The van der Waals surface area contributed by atoms with Crippen molar-refractivity contribution in [2.75, 3.05) is 39.4 Å². The van der Waals surface area contributed by atoms with Gasteiger partial charge in [0.1, 0.15) is 11.3 Å². The first-order chi connectivity index (χ1) is 9.22. The third-order valence-corrected chi connectivity index (χ3v) is 3.31. The highest BCUT2D eigenvalue weighted by atomic mass is 16.5. The number of amides is 1. The van der Waals surface area contributed by atoms with E-state index in [1.165, 1.54) is 0 Å². The number of carbonyl (C=O) groups excluding carboxylic acids is 1. The van der Waals surface area contributed by atoms with Crippen LogP contribution in [0.5, 0.6) is 0 Å². The van der Waals surface area contributed by atoms with Gasteiger partial charge in [0.15, 0.2) is 0 Å². The van der Waals surface area contributed by atoms with Gasteiger partial charge in [-0.05, 0) is 13.3 Å². The molecular formula is C13H21N3O3. The predicted octanol–water partition coefficient (Wildman–Crippen LogP) is 0.607. The predicted molar refractivity (Wildman–Crippen MR) is 70.2 cm³/mol. The number of morpholine rings is 1. The molecule has 106 valence electrons. The van der Waals surface area contributed by atoms with Crippen LogP contribution in [0.4, 0.5) is 0 Å². The summed E-state index contributed by atoms with van der Waals surface area (Å²) in [4.78, 5) is 14.4. The van der Waals surface area contributed by atoms with Crippen molar-refractivity contribution >= 4 is 5.91 Å². The zero-order valence-corrected chi connectivity index (χ0v) is 11.6. The Bertz CT molecular complexity index is 425. The van der Waals surface area contributed by atoms with Crippen LogP contribution in [0.1, 0.15) is 28.7 Å². The maximum absolute atomic E-state index is 12.1. The lowest BCUT2D eigenvalue weighted by atomic mass is 10.1. The third kappa shape index (κ3) is 3.54. The van der Waals surface area contributed by atoms with Gasteiger partial charge in [0.05, 0.1) is 18.9 Å². The number of hydrogen-bond acceptors (Lipinski definition) is 5. The lowest BCUT2D eigenvalue weighted by Gasteiger charge is -2.26. The molecule has 1 saturated heterocycles. The smallest absolute Gasteiger partial charge is 0.256 e. The van der Waals surface area contributed by atoms with E-state index in [1.807, 2.05) is 6.92 Å². The molecule has 0 aliphatic carbocycles. The molecular weight excluding hydrogens is 246 g/mol. The van der Waals surface area contributed by atoms with Crippen LogP contribution < -0.4 is 5.32 Å². The van der Waals surface area contributed by atoms with Crippen molar-refractivity contribution in [2.24, 2.45) is 0 Å². The summed E-state index contributed by atoms with van der Waals surface area (Å²) in [5, 5.41) is 6.82. The molecule has 0 radical (unpaired) electrons. The minimum atomic E-state index is -0.0936. The number of carbonyl (C=O) groups is 1. The van der Waals surface area contributed by atoms with Gasteiger partial charge in [-0.2, -0.15) is 0 Å². The Morgan fingerprint density at radius 1 is 1.42 bits per heavy atom. The van der Waals surface area contributed by atoms with E-state index in [1.54, 1.807) is 6.92 Å². The highest BCUT2D eigenvalue weighted by Crippen LogP contribution is 2.13. The molecule has 0 aromatic carbocycles. The molecule has 0 unspecified atom stereocenters. The zero-order chi connectivity index (χ0) is 13.7. The van der Waals surface area contributed by atoms with E-state index in [2.05, 4.69) is 15.4 Å². The molecule has 2 rings (SSSR count). The minimum absolute atomic E-state index is 0.0936. The van der Waals surface area contributed by atoms with Crippen LogP contribution in [0.3, 0.4) is 0 Å². The summed E-state index contributed by atoms with van der Waals surface area (Å²) in [5.41, 5.74) is 1.31. The van der Waals surface area contributed by atoms with Crippen molar-refractivity contribution in [1.82, 2.24) is 15.4 Å². The Labute approximate surface area is 113 Å². The van der Waals surface area contributed by atoms with E-state index in [9.17, 15) is 4.79 Å². The van der Waals surface area contributed by atoms with E-state index in [4.69, 9.17) is 9.26 Å². The zero-order valence-electron chi connectivity index (χ0n) is 11.6. The highest BCUT2D eigenvalue weighted by molar-refractivity contribution is 5.96. The molecule has 1 aliphatic heterocycles. The second-order valence-corrected chi connectivity index (χ2v) is 4.62. The summed E-state index contributed by atoms with van der Waals surface area (Å²) >= 11 is 0. The normalized spacial score (nSPS) is 16.5. The van der Waals surface area contributed by atoms with Crippen molar-refractivity contribution in [3.63, 3.8) is 0 Å². The molecule has 0 bridgehead atoms. The van der Waals surface area contributed by atoms with Crippen molar-refractivity contribution in [3.8, 4) is 0 Å². The minimum Gasteiger partial charge on any atom is -0.379 e. The standard InChI is InChI=1S/C13H21N3O3/c1-3-11-12(10(2)19-15-11)13(17)14-4-5-16-6-8-18-9-7-16/h3-9H2,1-2H3,(H,14,17). The lowest BCUT2D eigenvalue weighted by molar-refractivity contribution is 0.0383. The van der Waals surface area contributed by atoms with Crippen LogP contribution >= 0.6 is 0 Å². The van der Waals surface area contributed by atoms with Crippen LogP contribution in [-0.4, -0.2) is 55.4 Å². The molecule has 1 aliphatic rings. The molecule has 19 heavy (non-hydrogen) atoms. The van der Waals surface area contributed by atoms with Crippen LogP contribution in [0.15, 0.2) is 4.52 Å². The fraction of sp³-hybridized carbons (Fsp3) is 0.692. The van der Waals surface area contributed by atoms with E-state index < -0.39 is 0 Å². The largest absolute Gasteiger partial charge is 0.379 e. The number of hydrogen-bond donors (Lipinski definition) is 1. The fourth-order valence-corrected chi connectivity index (χ4v) is 2.19. The molecule has 2 heterocycles. The molecule has 6 nitrogen and oxygen atoms in total. The Morgan fingerprint density at radius 2 is 2.16 bits per heavy atom. The van der Waals surface area contributed by atoms with Crippen molar-refractivity contribution in [2.45, 2.75) is 20.3 Å². The second-order valence-electron chi connectivity index (χ2n) is 4.62. The molecule has 0 atom stereocenters. The van der Waals surface area contributed by atoms with Crippen molar-refractivity contribution < 1.29 is 14.1 Å². The Morgan fingerprint density at radius 3 is 2.84 bits per heavy atom. The Kier molecular flexibility index (Phi) is 4.93. The van der Waals surface area contributed by atoms with E-state index >= 15 is 0 Å². The van der Waals surface area contributed by atoms with Crippen LogP contribution in [-0.2, 0) is 11.2 Å². The molecule has 6 heteroatoms. The quantitative estimate of drug-likeness (QED) is 0.846. The topological polar surface area (TPSA) is 67.6 Å². The average molecular weight is 267 g/mol. The van der Waals surface area contributed by atoms with Gasteiger partial charge >= 0.3 is 0 Å². The summed E-state index contributed by atoms with van der Waals surface area (Å²) in [6.07, 6.45) is 0.698. The summed E-state index contributed by atoms with van der Waals surface area (Å²) < 4.78 is 10.3. The summed E-state index contributed by atoms with van der Waals surface area (Å²) in [7, 11) is 0. The SMILES string of the molecule is CCc1noc(C)c1C(=O)NCCN1CCOCC1. The highest BCUT2D eigenvalue weighted by Gasteiger charge is 2.19. The lowest BCUT2D eigenvalue weighted by Crippen LogP contribution is -2.41. The molecule has 1 fully saturated rings. The number of nitrogens with zero attached hydrogens (tertiary/aromatic N) is 2. The van der Waals surface area contributed by atoms with Crippen LogP contribution in [0.25, 0.3) is 0 Å². The van der Waals surface area contributed by atoms with Crippen molar-refractivity contribution in [3.05, 3.63) is 17.0 Å². The first kappa shape index (κ1) is 14.0. The molecule has 1 amide bonds. The molecule has 1 N–H and O–H groups in total. The number of aromatic nitrogens is 1. The third-order valence-electron chi connectivity index (χ3n) is 3.31. The number of rotatable bonds is 5. The van der Waals surface area contributed by atoms with Gasteiger partial charge in [-0.3, -0.25) is 9.69 Å². The van der Waals surface area contributed by atoms with E-state index in [0.29, 0.717) is 24.3 Å². The summed E-state index contributed by atoms with van der Waals surface area (Å²) in [5.74, 6) is 0.490. The number of ether oxygens (including phenoxy) is 1. The first-order valence-electron chi connectivity index (χ1n) is 6.75. The van der Waals surface area contributed by atoms with Gasteiger partial charge in [0.25, 0.3) is 5.91 Å². The van der Waals surface area contributed by atoms with E-state index in [0.717, 1.165) is 38.5 Å². The maximum Gasteiger partial charge on any atom is 0.256 e. The molecule has 0 saturated carbocycles. The van der Waals surface area contributed by atoms with Crippen LogP contribution in [0.2, 0.25) is 0 Å². The summed E-state index contributed by atoms with van der Waals surface area (Å²) in [6, 6.07) is 0. The second kappa shape index (κ2) is 6.68. The Hall–Kier alpha value is -1.40. The molecule has 1 aromatic rings. The number of aryl methyl sites for hydroxylation is 2. The van der Waals surface area contributed by atoms with Gasteiger partial charge in [-0.15, -0.1) is 0 Å². The number of nitrogens with one attached hydrogen (secondary N) is 1. The van der Waals surface area contributed by atoms with E-state index in [-0.39, 0.29) is 5.91 Å². The summed E-state index contributed by atoms with van der Waals surface area (Å²) in [6.45, 7) is 8.63. The van der Waals surface area contributed by atoms with Gasteiger partial charge in [-0.1, -0.05) is 12.1 Å². The first-order valence-corrected chi connectivity index (χ1v) is 6.75. The Balaban J connectivity index is 1.82. The van der Waals surface area contributed by atoms with Gasteiger partial charge in [0.2, 0.25) is 0 Å².